The maximum absolute atomic E-state index is 6.25. The number of para-hydroxylation sites is 1. The molecule has 0 spiro atoms. The van der Waals surface area contributed by atoms with Gasteiger partial charge in [0.05, 0.1) is 10.7 Å². The Balaban J connectivity index is 1.95. The first kappa shape index (κ1) is 12.8. The second-order valence-corrected chi connectivity index (χ2v) is 4.97. The Morgan fingerprint density at radius 3 is 2.65 bits per heavy atom. The number of benzene rings is 2. The van der Waals surface area contributed by atoms with Gasteiger partial charge in [0, 0.05) is 18.1 Å². The minimum absolute atomic E-state index is 0.688. The number of nitrogens with zero attached hydrogens (tertiary/aromatic N) is 2. The molecule has 0 saturated heterocycles. The van der Waals surface area contributed by atoms with E-state index in [4.69, 9.17) is 11.6 Å². The van der Waals surface area contributed by atoms with E-state index in [1.807, 2.05) is 66.2 Å². The van der Waals surface area contributed by atoms with Crippen LogP contribution >= 0.6 is 11.6 Å². The van der Waals surface area contributed by atoms with Gasteiger partial charge in [-0.25, -0.2) is 4.98 Å². The summed E-state index contributed by atoms with van der Waals surface area (Å²) in [5.74, 6) is 0.738. The van der Waals surface area contributed by atoms with Gasteiger partial charge in [0.25, 0.3) is 0 Å². The zero-order valence-corrected chi connectivity index (χ0v) is 11.8. The molecule has 0 fully saturated rings. The highest BCUT2D eigenvalue weighted by Crippen LogP contribution is 2.26. The Morgan fingerprint density at radius 2 is 1.90 bits per heavy atom. The number of halogens is 1. The summed E-state index contributed by atoms with van der Waals surface area (Å²) in [5, 5.41) is 3.95. The molecule has 0 aliphatic carbocycles. The molecule has 0 atom stereocenters. The summed E-state index contributed by atoms with van der Waals surface area (Å²) in [4.78, 5) is 4.34. The molecular formula is C16H14ClN3. The largest absolute Gasteiger partial charge is 0.324 e. The van der Waals surface area contributed by atoms with E-state index in [1.54, 1.807) is 6.20 Å². The lowest BCUT2D eigenvalue weighted by atomic mass is 10.2. The normalized spacial score (nSPS) is 10.5. The first-order valence-electron chi connectivity index (χ1n) is 6.36. The molecule has 3 nitrogen and oxygen atoms in total. The number of rotatable bonds is 3. The molecular weight excluding hydrogens is 270 g/mol. The third-order valence-corrected chi connectivity index (χ3v) is 3.36. The number of aromatic nitrogens is 2. The smallest absolute Gasteiger partial charge is 0.212 e. The predicted molar refractivity (Wildman–Crippen MR) is 83.0 cm³/mol. The van der Waals surface area contributed by atoms with Gasteiger partial charge in [-0.1, -0.05) is 35.9 Å². The molecule has 1 aromatic heterocycles. The molecule has 0 saturated carbocycles. The number of hydrogen-bond donors (Lipinski definition) is 1. The van der Waals surface area contributed by atoms with Crippen molar-refractivity contribution in [3.8, 4) is 5.69 Å². The van der Waals surface area contributed by atoms with Crippen LogP contribution in [0.5, 0.6) is 0 Å². The third-order valence-electron chi connectivity index (χ3n) is 3.05. The molecule has 0 aliphatic rings. The molecule has 3 rings (SSSR count). The van der Waals surface area contributed by atoms with Crippen LogP contribution in [0.3, 0.4) is 0 Å². The van der Waals surface area contributed by atoms with Crippen LogP contribution in [0.2, 0.25) is 5.02 Å². The van der Waals surface area contributed by atoms with Crippen LogP contribution in [0.4, 0.5) is 11.6 Å². The SMILES string of the molecule is Cc1ccc(Nc2nccn2-c2ccccc2)c(Cl)c1. The molecule has 1 N–H and O–H groups in total. The van der Waals surface area contributed by atoms with Gasteiger partial charge in [-0.3, -0.25) is 4.57 Å². The highest BCUT2D eigenvalue weighted by molar-refractivity contribution is 6.33. The number of hydrogen-bond acceptors (Lipinski definition) is 2. The van der Waals surface area contributed by atoms with Gasteiger partial charge in [0.2, 0.25) is 5.95 Å². The molecule has 0 amide bonds. The summed E-state index contributed by atoms with van der Waals surface area (Å²) in [5.41, 5.74) is 3.03. The summed E-state index contributed by atoms with van der Waals surface area (Å²) in [6.07, 6.45) is 3.68. The van der Waals surface area contributed by atoms with Crippen molar-refractivity contribution in [2.45, 2.75) is 6.92 Å². The second-order valence-electron chi connectivity index (χ2n) is 4.56. The Labute approximate surface area is 122 Å². The van der Waals surface area contributed by atoms with Crippen LogP contribution in [0.15, 0.2) is 60.9 Å². The average Bonchev–Trinajstić information content (AvgIpc) is 2.91. The fraction of sp³-hybridized carbons (Fsp3) is 0.0625. The van der Waals surface area contributed by atoms with Crippen LogP contribution < -0.4 is 5.32 Å². The van der Waals surface area contributed by atoms with E-state index in [0.717, 1.165) is 22.9 Å². The molecule has 2 aromatic carbocycles. The first-order valence-corrected chi connectivity index (χ1v) is 6.74. The summed E-state index contributed by atoms with van der Waals surface area (Å²) in [6, 6.07) is 16.0. The highest BCUT2D eigenvalue weighted by atomic mass is 35.5. The molecule has 0 bridgehead atoms. The van der Waals surface area contributed by atoms with Crippen molar-refractivity contribution in [3.63, 3.8) is 0 Å². The van der Waals surface area contributed by atoms with Crippen molar-refractivity contribution in [2.24, 2.45) is 0 Å². The van der Waals surface area contributed by atoms with Gasteiger partial charge >= 0.3 is 0 Å². The lowest BCUT2D eigenvalue weighted by Gasteiger charge is -2.11. The molecule has 4 heteroatoms. The molecule has 0 unspecified atom stereocenters. The van der Waals surface area contributed by atoms with Gasteiger partial charge in [-0.15, -0.1) is 0 Å². The van der Waals surface area contributed by atoms with E-state index in [2.05, 4.69) is 10.3 Å². The minimum atomic E-state index is 0.688. The minimum Gasteiger partial charge on any atom is -0.324 e. The number of anilines is 2. The zero-order valence-electron chi connectivity index (χ0n) is 11.0. The van der Waals surface area contributed by atoms with Crippen molar-refractivity contribution < 1.29 is 0 Å². The maximum atomic E-state index is 6.25. The lowest BCUT2D eigenvalue weighted by Crippen LogP contribution is -2.01. The monoisotopic (exact) mass is 283 g/mol. The van der Waals surface area contributed by atoms with Crippen molar-refractivity contribution in [3.05, 3.63) is 71.5 Å². The van der Waals surface area contributed by atoms with Crippen molar-refractivity contribution in [1.82, 2.24) is 9.55 Å². The summed E-state index contributed by atoms with van der Waals surface area (Å²) >= 11 is 6.25. The third kappa shape index (κ3) is 2.53. The Morgan fingerprint density at radius 1 is 1.10 bits per heavy atom. The fourth-order valence-corrected chi connectivity index (χ4v) is 2.32. The van der Waals surface area contributed by atoms with E-state index >= 15 is 0 Å². The van der Waals surface area contributed by atoms with Gasteiger partial charge in [0.15, 0.2) is 0 Å². The predicted octanol–water partition coefficient (Wildman–Crippen LogP) is 4.58. The molecule has 3 aromatic rings. The van der Waals surface area contributed by atoms with Crippen LogP contribution in [0, 0.1) is 6.92 Å². The fourth-order valence-electron chi connectivity index (χ4n) is 2.03. The van der Waals surface area contributed by atoms with E-state index in [-0.39, 0.29) is 0 Å². The summed E-state index contributed by atoms with van der Waals surface area (Å²) in [6.45, 7) is 2.01. The molecule has 0 radical (unpaired) electrons. The topological polar surface area (TPSA) is 29.9 Å². The van der Waals surface area contributed by atoms with Gasteiger partial charge in [0.1, 0.15) is 0 Å². The van der Waals surface area contributed by atoms with Gasteiger partial charge < -0.3 is 5.32 Å². The Bertz CT molecular complexity index is 720. The van der Waals surface area contributed by atoms with Crippen LogP contribution in [-0.4, -0.2) is 9.55 Å². The lowest BCUT2D eigenvalue weighted by molar-refractivity contribution is 1.06. The molecule has 1 heterocycles. The van der Waals surface area contributed by atoms with E-state index in [1.165, 1.54) is 0 Å². The Kier molecular flexibility index (Phi) is 3.44. The van der Waals surface area contributed by atoms with E-state index in [0.29, 0.717) is 5.02 Å². The van der Waals surface area contributed by atoms with Crippen LogP contribution in [0.1, 0.15) is 5.56 Å². The summed E-state index contributed by atoms with van der Waals surface area (Å²) in [7, 11) is 0. The highest BCUT2D eigenvalue weighted by Gasteiger charge is 2.07. The van der Waals surface area contributed by atoms with Crippen LogP contribution in [0.25, 0.3) is 5.69 Å². The molecule has 100 valence electrons. The summed E-state index contributed by atoms with van der Waals surface area (Å²) < 4.78 is 1.98. The van der Waals surface area contributed by atoms with Crippen LogP contribution in [-0.2, 0) is 0 Å². The standard InChI is InChI=1S/C16H14ClN3/c1-12-7-8-15(14(17)11-12)19-16-18-9-10-20(16)13-5-3-2-4-6-13/h2-11H,1H3,(H,18,19). The van der Waals surface area contributed by atoms with E-state index in [9.17, 15) is 0 Å². The van der Waals surface area contributed by atoms with Crippen molar-refractivity contribution in [2.75, 3.05) is 5.32 Å². The Hall–Kier alpha value is -2.26. The number of imidazole rings is 1. The van der Waals surface area contributed by atoms with Gasteiger partial charge in [-0.05, 0) is 36.8 Å². The van der Waals surface area contributed by atoms with Crippen molar-refractivity contribution >= 4 is 23.2 Å². The van der Waals surface area contributed by atoms with Crippen molar-refractivity contribution in [1.29, 1.82) is 0 Å². The first-order chi connectivity index (χ1) is 9.74. The number of nitrogens with one attached hydrogen (secondary N) is 1. The number of aryl methyl sites for hydroxylation is 1. The van der Waals surface area contributed by atoms with Gasteiger partial charge in [-0.2, -0.15) is 0 Å². The maximum Gasteiger partial charge on any atom is 0.212 e. The average molecular weight is 284 g/mol. The second kappa shape index (κ2) is 5.39. The molecule has 0 aliphatic heterocycles. The van der Waals surface area contributed by atoms with E-state index < -0.39 is 0 Å². The zero-order chi connectivity index (χ0) is 13.9. The quantitative estimate of drug-likeness (QED) is 0.762. The molecule has 20 heavy (non-hydrogen) atoms.